The van der Waals surface area contributed by atoms with E-state index in [1.807, 2.05) is 54.3 Å². The Morgan fingerprint density at radius 2 is 1.75 bits per heavy atom. The second-order valence-corrected chi connectivity index (χ2v) is 6.78. The van der Waals surface area contributed by atoms with E-state index in [9.17, 15) is 9.59 Å². The molecule has 28 heavy (non-hydrogen) atoms. The van der Waals surface area contributed by atoms with E-state index in [0.717, 1.165) is 24.2 Å². The van der Waals surface area contributed by atoms with Gasteiger partial charge in [0.2, 0.25) is 5.91 Å². The molecule has 3 rings (SSSR count). The Hall–Kier alpha value is -3.08. The molecular formula is C23H26N2O3. The smallest absolute Gasteiger partial charge is 0.253 e. The topological polar surface area (TPSA) is 58.6 Å². The van der Waals surface area contributed by atoms with E-state index in [4.69, 9.17) is 4.74 Å². The summed E-state index contributed by atoms with van der Waals surface area (Å²) in [6.45, 7) is 3.81. The number of nitrogens with zero attached hydrogens (tertiary/aromatic N) is 1. The van der Waals surface area contributed by atoms with Crippen molar-refractivity contribution >= 4 is 17.9 Å². The second-order valence-electron chi connectivity index (χ2n) is 6.78. The molecule has 1 fully saturated rings. The summed E-state index contributed by atoms with van der Waals surface area (Å²) in [5.41, 5.74) is 1.66. The Bertz CT molecular complexity index is 808. The minimum atomic E-state index is -0.0971. The molecule has 0 radical (unpaired) electrons. The fourth-order valence-electron chi connectivity index (χ4n) is 3.26. The standard InChI is InChI=1S/C23H26N2O3/c1-2-28-21-11-9-19(10-12-21)23(27)25-16-14-20(15-17-25)24-22(26)13-8-18-6-4-3-5-7-18/h3-13,20H,2,14-17H2,1H3,(H,24,26)/b13-8+. The monoisotopic (exact) mass is 378 g/mol. The molecule has 0 bridgehead atoms. The Morgan fingerprint density at radius 3 is 2.39 bits per heavy atom. The van der Waals surface area contributed by atoms with Crippen LogP contribution in [0.1, 0.15) is 35.7 Å². The third-order valence-electron chi connectivity index (χ3n) is 4.77. The van der Waals surface area contributed by atoms with Crippen molar-refractivity contribution in [1.82, 2.24) is 10.2 Å². The number of hydrogen-bond donors (Lipinski definition) is 1. The summed E-state index contributed by atoms with van der Waals surface area (Å²) >= 11 is 0. The van der Waals surface area contributed by atoms with E-state index in [1.54, 1.807) is 24.3 Å². The summed E-state index contributed by atoms with van der Waals surface area (Å²) in [6.07, 6.45) is 4.88. The van der Waals surface area contributed by atoms with E-state index in [1.165, 1.54) is 0 Å². The number of carbonyl (C=O) groups is 2. The molecule has 146 valence electrons. The highest BCUT2D eigenvalue weighted by Gasteiger charge is 2.24. The Kier molecular flexibility index (Phi) is 6.84. The quantitative estimate of drug-likeness (QED) is 0.783. The molecule has 0 saturated carbocycles. The number of likely N-dealkylation sites (tertiary alicyclic amines) is 1. The number of carbonyl (C=O) groups excluding carboxylic acids is 2. The molecule has 0 unspecified atom stereocenters. The van der Waals surface area contributed by atoms with Crippen molar-refractivity contribution in [3.8, 4) is 5.75 Å². The summed E-state index contributed by atoms with van der Waals surface area (Å²) in [5, 5.41) is 3.03. The summed E-state index contributed by atoms with van der Waals surface area (Å²) in [5.74, 6) is 0.695. The molecule has 0 spiro atoms. The molecule has 1 heterocycles. The third kappa shape index (κ3) is 5.46. The molecular weight excluding hydrogens is 352 g/mol. The molecule has 0 atom stereocenters. The maximum atomic E-state index is 12.6. The van der Waals surface area contributed by atoms with Gasteiger partial charge >= 0.3 is 0 Å². The van der Waals surface area contributed by atoms with Crippen LogP contribution in [0.2, 0.25) is 0 Å². The van der Waals surface area contributed by atoms with Crippen LogP contribution in [0.25, 0.3) is 6.08 Å². The maximum Gasteiger partial charge on any atom is 0.253 e. The zero-order valence-corrected chi connectivity index (χ0v) is 16.1. The first-order valence-electron chi connectivity index (χ1n) is 9.71. The maximum absolute atomic E-state index is 12.6. The van der Waals surface area contributed by atoms with Gasteiger partial charge < -0.3 is 15.0 Å². The van der Waals surface area contributed by atoms with Crippen LogP contribution in [-0.4, -0.2) is 42.5 Å². The highest BCUT2D eigenvalue weighted by atomic mass is 16.5. The number of benzene rings is 2. The van der Waals surface area contributed by atoms with Crippen LogP contribution in [0, 0.1) is 0 Å². The van der Waals surface area contributed by atoms with Crippen molar-refractivity contribution in [2.24, 2.45) is 0 Å². The number of nitrogens with one attached hydrogen (secondary N) is 1. The predicted octanol–water partition coefficient (Wildman–Crippen LogP) is 3.52. The normalized spacial score (nSPS) is 14.8. The van der Waals surface area contributed by atoms with Crippen molar-refractivity contribution < 1.29 is 14.3 Å². The summed E-state index contributed by atoms with van der Waals surface area (Å²) in [7, 11) is 0. The molecule has 5 nitrogen and oxygen atoms in total. The molecule has 1 aliphatic rings. The number of piperidine rings is 1. The molecule has 5 heteroatoms. The van der Waals surface area contributed by atoms with Gasteiger partial charge in [-0.3, -0.25) is 9.59 Å². The second kappa shape index (κ2) is 9.74. The minimum Gasteiger partial charge on any atom is -0.494 e. The van der Waals surface area contributed by atoms with Crippen LogP contribution in [0.5, 0.6) is 5.75 Å². The van der Waals surface area contributed by atoms with Gasteiger partial charge in [-0.25, -0.2) is 0 Å². The molecule has 1 saturated heterocycles. The van der Waals surface area contributed by atoms with E-state index in [2.05, 4.69) is 5.32 Å². The summed E-state index contributed by atoms with van der Waals surface area (Å²) in [4.78, 5) is 26.6. The Morgan fingerprint density at radius 1 is 1.07 bits per heavy atom. The largest absolute Gasteiger partial charge is 0.494 e. The lowest BCUT2D eigenvalue weighted by molar-refractivity contribution is -0.117. The SMILES string of the molecule is CCOc1ccc(C(=O)N2CCC(NC(=O)/C=C/c3ccccc3)CC2)cc1. The number of amides is 2. The van der Waals surface area contributed by atoms with Crippen molar-refractivity contribution in [2.45, 2.75) is 25.8 Å². The average molecular weight is 378 g/mol. The lowest BCUT2D eigenvalue weighted by atomic mass is 10.0. The van der Waals surface area contributed by atoms with Gasteiger partial charge in [0.05, 0.1) is 6.61 Å². The lowest BCUT2D eigenvalue weighted by Crippen LogP contribution is -2.46. The van der Waals surface area contributed by atoms with E-state index in [0.29, 0.717) is 25.3 Å². The lowest BCUT2D eigenvalue weighted by Gasteiger charge is -2.32. The van der Waals surface area contributed by atoms with Gasteiger partial charge in [0.1, 0.15) is 5.75 Å². The van der Waals surface area contributed by atoms with Crippen LogP contribution in [0.3, 0.4) is 0 Å². The molecule has 2 amide bonds. The molecule has 1 aliphatic heterocycles. The zero-order valence-electron chi connectivity index (χ0n) is 16.1. The van der Waals surface area contributed by atoms with Gasteiger partial charge in [-0.1, -0.05) is 30.3 Å². The van der Waals surface area contributed by atoms with Crippen LogP contribution in [-0.2, 0) is 4.79 Å². The van der Waals surface area contributed by atoms with Gasteiger partial charge in [0, 0.05) is 30.8 Å². The van der Waals surface area contributed by atoms with Crippen LogP contribution >= 0.6 is 0 Å². The fraction of sp³-hybridized carbons (Fsp3) is 0.304. The molecule has 0 aromatic heterocycles. The first-order valence-corrected chi connectivity index (χ1v) is 9.71. The number of hydrogen-bond acceptors (Lipinski definition) is 3. The molecule has 0 aliphatic carbocycles. The van der Waals surface area contributed by atoms with Crippen LogP contribution in [0.4, 0.5) is 0 Å². The van der Waals surface area contributed by atoms with Crippen molar-refractivity contribution in [1.29, 1.82) is 0 Å². The molecule has 2 aromatic rings. The minimum absolute atomic E-state index is 0.0248. The molecule has 1 N–H and O–H groups in total. The van der Waals surface area contributed by atoms with Crippen LogP contribution < -0.4 is 10.1 Å². The van der Waals surface area contributed by atoms with Gasteiger partial charge in [-0.15, -0.1) is 0 Å². The van der Waals surface area contributed by atoms with Crippen molar-refractivity contribution in [2.75, 3.05) is 19.7 Å². The van der Waals surface area contributed by atoms with E-state index in [-0.39, 0.29) is 17.9 Å². The first-order chi connectivity index (χ1) is 13.7. The highest BCUT2D eigenvalue weighted by molar-refractivity contribution is 5.94. The van der Waals surface area contributed by atoms with Crippen molar-refractivity contribution in [3.05, 3.63) is 71.8 Å². The van der Waals surface area contributed by atoms with E-state index >= 15 is 0 Å². The van der Waals surface area contributed by atoms with Gasteiger partial charge in [-0.05, 0) is 55.7 Å². The first kappa shape index (κ1) is 19.7. The summed E-state index contributed by atoms with van der Waals surface area (Å²) in [6, 6.07) is 17.1. The van der Waals surface area contributed by atoms with Crippen LogP contribution in [0.15, 0.2) is 60.7 Å². The van der Waals surface area contributed by atoms with Gasteiger partial charge in [0.25, 0.3) is 5.91 Å². The molecule has 2 aromatic carbocycles. The zero-order chi connectivity index (χ0) is 19.8. The predicted molar refractivity (Wildman–Crippen MR) is 110 cm³/mol. The number of ether oxygens (including phenoxy) is 1. The van der Waals surface area contributed by atoms with E-state index < -0.39 is 0 Å². The Balaban J connectivity index is 1.46. The number of rotatable bonds is 6. The fourth-order valence-corrected chi connectivity index (χ4v) is 3.26. The summed E-state index contributed by atoms with van der Waals surface area (Å²) < 4.78 is 5.41. The average Bonchev–Trinajstić information content (AvgIpc) is 2.74. The van der Waals surface area contributed by atoms with Gasteiger partial charge in [-0.2, -0.15) is 0 Å². The third-order valence-corrected chi connectivity index (χ3v) is 4.77. The Labute approximate surface area is 166 Å². The highest BCUT2D eigenvalue weighted by Crippen LogP contribution is 2.17. The van der Waals surface area contributed by atoms with Gasteiger partial charge in [0.15, 0.2) is 0 Å². The van der Waals surface area contributed by atoms with Crippen molar-refractivity contribution in [3.63, 3.8) is 0 Å².